The molecule has 0 rings (SSSR count). The first-order chi connectivity index (χ1) is 0. The average molecular weight is 199 g/mol. The first-order valence-electron chi connectivity index (χ1n) is 0. The average Bonchev–Trinajstić information content (AvgIpc) is 0. The van der Waals surface area contributed by atoms with Crippen LogP contribution in [-0.4, -0.2) is 24.3 Å². The molecule has 0 saturated carbocycles. The number of rotatable bonds is 0. The summed E-state index contributed by atoms with van der Waals surface area (Å²) in [5.41, 5.74) is 0. The quantitative estimate of drug-likeness (QED) is 0.425. The molecule has 0 aromatic rings. The molecule has 0 aromatic carbocycles. The van der Waals surface area contributed by atoms with Gasteiger partial charge in [-0.3, -0.25) is 0 Å². The maximum Gasteiger partial charge on any atom is 0 e. The second kappa shape index (κ2) is 36.3. The Labute approximate surface area is 74.1 Å². The fourth-order valence-electron chi connectivity index (χ4n) is 0. The Bertz CT molecular complexity index is 11.6. The third-order valence-corrected chi connectivity index (χ3v) is 0. The Morgan fingerprint density at radius 2 is 1.00 bits per heavy atom. The van der Waals surface area contributed by atoms with Crippen LogP contribution in [0.5, 0.6) is 0 Å². The summed E-state index contributed by atoms with van der Waals surface area (Å²) in [6.45, 7) is 0. The molecule has 0 bridgehead atoms. The van der Waals surface area contributed by atoms with Gasteiger partial charge in [0, 0.05) is 50.3 Å². The normalized spacial score (nSPS) is 0. The van der Waals surface area contributed by atoms with Gasteiger partial charge in [0.2, 0.25) is 0 Å². The predicted octanol–water partition coefficient (Wildman–Crippen LogP) is -1.48. The summed E-state index contributed by atoms with van der Waals surface area (Å²) in [4.78, 5) is 0. The third kappa shape index (κ3) is 23.4. The van der Waals surface area contributed by atoms with Gasteiger partial charge in [-0.25, -0.2) is 0 Å². The molecule has 0 aliphatic heterocycles. The van der Waals surface area contributed by atoms with E-state index in [1.165, 1.54) is 0 Å². The topological polar surface area (TPSA) is 31.5 Å². The zero-order valence-corrected chi connectivity index (χ0v) is 4.74. The second-order valence-electron chi connectivity index (χ2n) is 0. The molecular formula is H3CoLiMnNiO. The standard InChI is InChI=1S/Co.Li.Mn.Ni.H2O.H/h;;;;1H2;. The molecule has 2 N–H and O–H groups in total. The first kappa shape index (κ1) is 60.6. The summed E-state index contributed by atoms with van der Waals surface area (Å²) in [7, 11) is 0. The van der Waals surface area contributed by atoms with Crippen LogP contribution >= 0.6 is 0 Å². The molecule has 0 saturated heterocycles. The van der Waals surface area contributed by atoms with Crippen molar-refractivity contribution in [2.45, 2.75) is 0 Å². The Balaban J connectivity index is 0. The summed E-state index contributed by atoms with van der Waals surface area (Å²) >= 11 is 0. The Kier molecular flexibility index (Phi) is 440. The molecule has 0 unspecified atom stereocenters. The number of hydrogen-bond donors (Lipinski definition) is 0. The fraction of sp³-hybridized carbons (Fsp3) is 0. The van der Waals surface area contributed by atoms with Crippen LogP contribution in [0.4, 0.5) is 0 Å². The molecule has 0 fully saturated rings. The smallest absolute Gasteiger partial charge is 0 e. The van der Waals surface area contributed by atoms with E-state index in [0.29, 0.717) is 0 Å². The predicted molar refractivity (Wildman–Crippen MR) is 10.8 cm³/mol. The molecule has 0 spiro atoms. The van der Waals surface area contributed by atoms with E-state index in [2.05, 4.69) is 0 Å². The van der Waals surface area contributed by atoms with E-state index in [9.17, 15) is 0 Å². The Morgan fingerprint density at radius 1 is 1.00 bits per heavy atom. The Morgan fingerprint density at radius 3 is 1.00 bits per heavy atom. The summed E-state index contributed by atoms with van der Waals surface area (Å²) in [5.74, 6) is 0. The van der Waals surface area contributed by atoms with Crippen LogP contribution in [0.2, 0.25) is 0 Å². The van der Waals surface area contributed by atoms with Crippen molar-refractivity contribution < 1.29 is 55.8 Å². The van der Waals surface area contributed by atoms with E-state index in [-0.39, 0.29) is 74.7 Å². The molecule has 0 amide bonds. The maximum atomic E-state index is 0. The van der Waals surface area contributed by atoms with E-state index in [4.69, 9.17) is 0 Å². The first-order valence-corrected chi connectivity index (χ1v) is 0. The van der Waals surface area contributed by atoms with Crippen molar-refractivity contribution in [2.75, 3.05) is 0 Å². The molecule has 0 aromatic heterocycles. The van der Waals surface area contributed by atoms with Crippen LogP contribution in [-0.2, 0) is 50.3 Å². The minimum Gasteiger partial charge on any atom is 0 e. The van der Waals surface area contributed by atoms with Crippen molar-refractivity contribution in [1.29, 1.82) is 0 Å². The van der Waals surface area contributed by atoms with Gasteiger partial charge in [0.25, 0.3) is 0 Å². The van der Waals surface area contributed by atoms with E-state index < -0.39 is 0 Å². The molecular weight excluding hydrogens is 196 g/mol. The van der Waals surface area contributed by atoms with E-state index >= 15 is 0 Å². The van der Waals surface area contributed by atoms with E-state index in [1.807, 2.05) is 0 Å². The minimum atomic E-state index is 0. The van der Waals surface area contributed by atoms with Gasteiger partial charge in [0.15, 0.2) is 0 Å². The van der Waals surface area contributed by atoms with Crippen LogP contribution in [0.1, 0.15) is 0 Å². The van der Waals surface area contributed by atoms with Crippen molar-refractivity contribution in [2.24, 2.45) is 0 Å². The van der Waals surface area contributed by atoms with Gasteiger partial charge in [-0.2, -0.15) is 0 Å². The fourth-order valence-corrected chi connectivity index (χ4v) is 0. The van der Waals surface area contributed by atoms with Crippen LogP contribution in [0.15, 0.2) is 0 Å². The second-order valence-corrected chi connectivity index (χ2v) is 0. The zero-order chi connectivity index (χ0) is 0. The van der Waals surface area contributed by atoms with Crippen molar-refractivity contribution in [3.8, 4) is 0 Å². The van der Waals surface area contributed by atoms with Crippen molar-refractivity contribution in [3.63, 3.8) is 0 Å². The van der Waals surface area contributed by atoms with Crippen molar-refractivity contribution in [1.82, 2.24) is 0 Å². The summed E-state index contributed by atoms with van der Waals surface area (Å²) < 4.78 is 0. The molecule has 36 valence electrons. The molecule has 2 radical (unpaired) electrons. The van der Waals surface area contributed by atoms with Gasteiger partial charge >= 0.3 is 18.9 Å². The zero-order valence-electron chi connectivity index (χ0n) is 1.53. The van der Waals surface area contributed by atoms with Gasteiger partial charge in [-0.15, -0.1) is 0 Å². The van der Waals surface area contributed by atoms with E-state index in [1.54, 1.807) is 0 Å². The van der Waals surface area contributed by atoms with Gasteiger partial charge < -0.3 is 5.48 Å². The van der Waals surface area contributed by atoms with Gasteiger partial charge in [-0.1, -0.05) is 0 Å². The molecule has 0 aliphatic carbocycles. The number of hydrogen-bond acceptors (Lipinski definition) is 0. The summed E-state index contributed by atoms with van der Waals surface area (Å²) in [5, 5.41) is 0. The largest absolute Gasteiger partial charge is 0 e. The van der Waals surface area contributed by atoms with Crippen molar-refractivity contribution in [3.05, 3.63) is 0 Å². The van der Waals surface area contributed by atoms with Crippen LogP contribution in [0.3, 0.4) is 0 Å². The van der Waals surface area contributed by atoms with Crippen LogP contribution in [0, 0.1) is 0 Å². The van der Waals surface area contributed by atoms with Crippen molar-refractivity contribution >= 4 is 18.9 Å². The maximum absolute atomic E-state index is 0. The van der Waals surface area contributed by atoms with Crippen LogP contribution in [0.25, 0.3) is 0 Å². The van der Waals surface area contributed by atoms with Gasteiger partial charge in [0.1, 0.15) is 0 Å². The Hall–Kier alpha value is 2.08. The summed E-state index contributed by atoms with van der Waals surface area (Å²) in [6.07, 6.45) is 0. The molecule has 0 heterocycles. The van der Waals surface area contributed by atoms with Crippen LogP contribution < -0.4 is 0 Å². The molecule has 5 heavy (non-hydrogen) atoms. The monoisotopic (exact) mass is 198 g/mol. The molecule has 1 nitrogen and oxygen atoms in total. The van der Waals surface area contributed by atoms with Gasteiger partial charge in [-0.05, 0) is 0 Å². The third-order valence-electron chi connectivity index (χ3n) is 0. The molecule has 5 heteroatoms. The SMILES string of the molecule is O.[Co].[LiH].[Mn].[Ni]. The van der Waals surface area contributed by atoms with Gasteiger partial charge in [0.05, 0.1) is 0 Å². The molecule has 0 aliphatic rings. The summed E-state index contributed by atoms with van der Waals surface area (Å²) in [6, 6.07) is 0. The molecule has 0 atom stereocenters. The van der Waals surface area contributed by atoms with E-state index in [0.717, 1.165) is 0 Å². The minimum absolute atomic E-state index is 0.